The third-order valence-corrected chi connectivity index (χ3v) is 8.13. The van der Waals surface area contributed by atoms with Crippen molar-refractivity contribution in [2.45, 2.75) is 37.9 Å². The van der Waals surface area contributed by atoms with E-state index in [2.05, 4.69) is 0 Å². The van der Waals surface area contributed by atoms with Crippen molar-refractivity contribution in [3.63, 3.8) is 0 Å². The van der Waals surface area contributed by atoms with Crippen LogP contribution in [0.15, 0.2) is 12.1 Å². The number of Topliss-reactive ketones (excluding diaryl/α,β-unsaturated/α-hetero) is 1. The smallest absolute Gasteiger partial charge is 0.338 e. The van der Waals surface area contributed by atoms with Gasteiger partial charge < -0.3 is 9.47 Å². The summed E-state index contributed by atoms with van der Waals surface area (Å²) in [7, 11) is 13.2. The fraction of sp³-hybridized carbons (Fsp3) is 0.591. The normalized spacial score (nSPS) is 29.4. The van der Waals surface area contributed by atoms with Gasteiger partial charge in [0.25, 0.3) is 10.1 Å². The molecule has 4 rings (SSSR count). The molecule has 6 radical (unpaired) electrons. The van der Waals surface area contributed by atoms with Crippen molar-refractivity contribution in [2.75, 3.05) is 12.4 Å². The Kier molecular flexibility index (Phi) is 7.02. The van der Waals surface area contributed by atoms with Gasteiger partial charge in [-0.15, -0.1) is 0 Å². The number of hydrogen-bond donors (Lipinski definition) is 1. The van der Waals surface area contributed by atoms with Gasteiger partial charge >= 0.3 is 11.9 Å². The van der Waals surface area contributed by atoms with Gasteiger partial charge in [0, 0.05) is 12.3 Å². The molecule has 0 spiro atoms. The maximum absolute atomic E-state index is 13.3. The topological polar surface area (TPSA) is 124 Å². The lowest BCUT2D eigenvalue weighted by atomic mass is 9.78. The summed E-state index contributed by atoms with van der Waals surface area (Å²) in [5.41, 5.74) is 2.16. The van der Waals surface area contributed by atoms with Crippen molar-refractivity contribution in [1.82, 2.24) is 0 Å². The molecule has 1 aromatic rings. The maximum atomic E-state index is 13.3. The van der Waals surface area contributed by atoms with E-state index >= 15 is 0 Å². The SMILES string of the molecule is [B]Cc1cc(C[B])c(C[B])c(C(=O)OC2C3CC4C(CC(=O)C42)C3C(=O)OCCS(=O)(=O)O)c1. The summed E-state index contributed by atoms with van der Waals surface area (Å²) in [6.45, 7) is -0.492. The largest absolute Gasteiger partial charge is 0.464 e. The zero-order valence-corrected chi connectivity index (χ0v) is 19.3. The number of carbonyl (C=O) groups is 3. The molecule has 34 heavy (non-hydrogen) atoms. The number of hydrogen-bond acceptors (Lipinski definition) is 7. The molecule has 174 valence electrons. The molecule has 0 saturated heterocycles. The highest BCUT2D eigenvalue weighted by Gasteiger charge is 2.67. The lowest BCUT2D eigenvalue weighted by molar-refractivity contribution is -0.154. The average Bonchev–Trinajstić information content (AvgIpc) is 3.39. The van der Waals surface area contributed by atoms with Crippen LogP contribution in [0.4, 0.5) is 0 Å². The Bertz CT molecular complexity index is 1120. The zero-order chi connectivity index (χ0) is 24.8. The molecule has 8 nitrogen and oxygen atoms in total. The molecular weight excluding hydrogens is 457 g/mol. The Balaban J connectivity index is 1.57. The van der Waals surface area contributed by atoms with Crippen LogP contribution in [0.2, 0.25) is 0 Å². The number of benzene rings is 1. The van der Waals surface area contributed by atoms with E-state index in [9.17, 15) is 22.8 Å². The standard InChI is InChI=1S/C22H23B3O8S/c23-7-10-3-11(8-24)16(9-25)14(4-10)21(27)33-20-15-5-12-13(6-17(26)19(12)20)18(15)22(28)32-1-2-34(29,30)31/h3-4,12-13,15,18-20H,1-2,5-9H2,(H,29,30,31). The quantitative estimate of drug-likeness (QED) is 0.301. The first-order valence-electron chi connectivity index (χ1n) is 11.2. The van der Waals surface area contributed by atoms with Crippen molar-refractivity contribution >= 4 is 51.4 Å². The predicted octanol–water partition coefficient (Wildman–Crippen LogP) is 0.120. The molecular formula is C22H23B3O8S. The van der Waals surface area contributed by atoms with E-state index in [1.54, 1.807) is 12.1 Å². The maximum Gasteiger partial charge on any atom is 0.338 e. The van der Waals surface area contributed by atoms with Gasteiger partial charge in [-0.1, -0.05) is 36.2 Å². The van der Waals surface area contributed by atoms with Gasteiger partial charge in [0.2, 0.25) is 0 Å². The lowest BCUT2D eigenvalue weighted by Gasteiger charge is -2.32. The molecule has 6 atom stereocenters. The van der Waals surface area contributed by atoms with Crippen molar-refractivity contribution < 1.29 is 36.8 Å². The first-order chi connectivity index (χ1) is 16.1. The third kappa shape index (κ3) is 4.46. The second kappa shape index (κ2) is 9.53. The molecule has 0 heterocycles. The fourth-order valence-electron chi connectivity index (χ4n) is 6.11. The van der Waals surface area contributed by atoms with Gasteiger partial charge in [-0.05, 0) is 29.9 Å². The van der Waals surface area contributed by atoms with E-state index in [4.69, 9.17) is 37.6 Å². The van der Waals surface area contributed by atoms with Gasteiger partial charge in [-0.2, -0.15) is 8.42 Å². The van der Waals surface area contributed by atoms with E-state index < -0.39 is 58.3 Å². The van der Waals surface area contributed by atoms with Crippen LogP contribution >= 0.6 is 0 Å². The summed E-state index contributed by atoms with van der Waals surface area (Å²) in [6, 6.07) is 3.40. The molecule has 12 heteroatoms. The van der Waals surface area contributed by atoms with E-state index in [1.165, 1.54) is 0 Å². The second-order valence-electron chi connectivity index (χ2n) is 9.17. The second-order valence-corrected chi connectivity index (χ2v) is 10.7. The van der Waals surface area contributed by atoms with Crippen LogP contribution in [0.3, 0.4) is 0 Å². The Labute approximate surface area is 202 Å². The summed E-state index contributed by atoms with van der Waals surface area (Å²) < 4.78 is 41.7. The summed E-state index contributed by atoms with van der Waals surface area (Å²) in [5, 5.41) is 0. The summed E-state index contributed by atoms with van der Waals surface area (Å²) in [6.07, 6.45) is 0.341. The molecule has 0 aromatic heterocycles. The van der Waals surface area contributed by atoms with E-state index in [1.807, 2.05) is 0 Å². The van der Waals surface area contributed by atoms with Crippen molar-refractivity contribution in [1.29, 1.82) is 0 Å². The molecule has 1 aromatic carbocycles. The highest BCUT2D eigenvalue weighted by molar-refractivity contribution is 7.85. The molecule has 1 N–H and O–H groups in total. The van der Waals surface area contributed by atoms with Gasteiger partial charge in [-0.25, -0.2) is 4.79 Å². The number of ether oxygens (including phenoxy) is 2. The van der Waals surface area contributed by atoms with Crippen molar-refractivity contribution in [2.24, 2.45) is 29.6 Å². The van der Waals surface area contributed by atoms with E-state index in [-0.39, 0.29) is 48.6 Å². The summed E-state index contributed by atoms with van der Waals surface area (Å²) in [4.78, 5) is 38.8. The fourth-order valence-corrected chi connectivity index (χ4v) is 6.41. The Morgan fingerprint density at radius 1 is 1.06 bits per heavy atom. The van der Waals surface area contributed by atoms with E-state index in [0.29, 0.717) is 23.1 Å². The summed E-state index contributed by atoms with van der Waals surface area (Å²) in [5.74, 6) is -3.97. The first-order valence-corrected chi connectivity index (χ1v) is 12.8. The Morgan fingerprint density at radius 2 is 1.79 bits per heavy atom. The number of esters is 2. The molecule has 3 fully saturated rings. The highest BCUT2D eigenvalue weighted by atomic mass is 32.2. The van der Waals surface area contributed by atoms with Crippen LogP contribution in [0, 0.1) is 29.6 Å². The number of carbonyl (C=O) groups excluding carboxylic acids is 3. The van der Waals surface area contributed by atoms with Gasteiger partial charge in [-0.3, -0.25) is 14.1 Å². The number of fused-ring (bicyclic) bond motifs is 1. The van der Waals surface area contributed by atoms with Gasteiger partial charge in [0.1, 0.15) is 24.2 Å². The number of rotatable bonds is 9. The zero-order valence-electron chi connectivity index (χ0n) is 18.5. The molecule has 3 aliphatic rings. The van der Waals surface area contributed by atoms with Crippen molar-refractivity contribution in [3.8, 4) is 0 Å². The van der Waals surface area contributed by atoms with Crippen molar-refractivity contribution in [3.05, 3.63) is 34.4 Å². The molecule has 3 saturated carbocycles. The highest BCUT2D eigenvalue weighted by Crippen LogP contribution is 2.62. The van der Waals surface area contributed by atoms with Crippen LogP contribution < -0.4 is 0 Å². The van der Waals surface area contributed by atoms with Crippen LogP contribution in [0.5, 0.6) is 0 Å². The molecule has 2 bridgehead atoms. The average molecular weight is 480 g/mol. The van der Waals surface area contributed by atoms with Crippen LogP contribution in [-0.2, 0) is 48.1 Å². The first kappa shape index (κ1) is 25.0. The van der Waals surface area contributed by atoms with Crippen LogP contribution in [0.1, 0.15) is 39.9 Å². The van der Waals surface area contributed by atoms with Crippen LogP contribution in [-0.4, -0.2) is 72.7 Å². The molecule has 0 aliphatic heterocycles. The minimum Gasteiger partial charge on any atom is -0.464 e. The molecule has 0 amide bonds. The monoisotopic (exact) mass is 480 g/mol. The lowest BCUT2D eigenvalue weighted by Crippen LogP contribution is -2.42. The van der Waals surface area contributed by atoms with E-state index in [0.717, 1.165) is 0 Å². The molecule has 3 aliphatic carbocycles. The van der Waals surface area contributed by atoms with Gasteiger partial charge in [0.05, 0.1) is 40.9 Å². The molecule has 6 unspecified atom stereocenters. The third-order valence-electron chi connectivity index (χ3n) is 7.45. The number of ketones is 1. The Morgan fingerprint density at radius 3 is 2.41 bits per heavy atom. The van der Waals surface area contributed by atoms with Crippen LogP contribution in [0.25, 0.3) is 0 Å². The minimum absolute atomic E-state index is 0.0547. The van der Waals surface area contributed by atoms with Gasteiger partial charge in [0.15, 0.2) is 0 Å². The summed E-state index contributed by atoms with van der Waals surface area (Å²) >= 11 is 0. The minimum atomic E-state index is -4.28. The Hall–Kier alpha value is -2.07. The predicted molar refractivity (Wildman–Crippen MR) is 123 cm³/mol.